The van der Waals surface area contributed by atoms with Crippen molar-refractivity contribution >= 4 is 23.4 Å². The Hall–Kier alpha value is -2.42. The lowest BCUT2D eigenvalue weighted by atomic mass is 10.0. The number of benzene rings is 2. The predicted octanol–water partition coefficient (Wildman–Crippen LogP) is 3.01. The molecule has 0 spiro atoms. The van der Waals surface area contributed by atoms with Gasteiger partial charge in [0.15, 0.2) is 0 Å². The van der Waals surface area contributed by atoms with Gasteiger partial charge < -0.3 is 15.6 Å². The topological polar surface area (TPSA) is 61.6 Å². The highest BCUT2D eigenvalue weighted by molar-refractivity contribution is 7.98. The molecule has 2 aliphatic rings. The lowest BCUT2D eigenvalue weighted by molar-refractivity contribution is 0.0708. The zero-order chi connectivity index (χ0) is 22.1. The molecule has 2 aromatic rings. The summed E-state index contributed by atoms with van der Waals surface area (Å²) in [7, 11) is 2.00. The number of carbonyl (C=O) groups excluding carboxylic acids is 1. The van der Waals surface area contributed by atoms with Gasteiger partial charge in [-0.25, -0.2) is 14.2 Å². The van der Waals surface area contributed by atoms with Crippen molar-refractivity contribution in [1.29, 1.82) is 0 Å². The van der Waals surface area contributed by atoms with Gasteiger partial charge in [0.05, 0.1) is 5.70 Å². The molecule has 1 atom stereocenters. The van der Waals surface area contributed by atoms with Crippen molar-refractivity contribution < 1.29 is 13.6 Å². The molecule has 0 bridgehead atoms. The molecule has 0 aromatic heterocycles. The van der Waals surface area contributed by atoms with Gasteiger partial charge in [-0.15, -0.1) is 0 Å². The molecule has 0 unspecified atom stereocenters. The summed E-state index contributed by atoms with van der Waals surface area (Å²) in [4.78, 5) is 14.8. The summed E-state index contributed by atoms with van der Waals surface area (Å²) in [5.41, 5.74) is 14.9. The molecule has 5 nitrogen and oxygen atoms in total. The molecular formula is C23H26F2N4OS. The van der Waals surface area contributed by atoms with Crippen molar-refractivity contribution in [3.8, 4) is 0 Å². The normalized spacial score (nSPS) is 17.0. The lowest BCUT2D eigenvalue weighted by Crippen LogP contribution is -2.42. The minimum Gasteiger partial charge on any atom is -0.330 e. The van der Waals surface area contributed by atoms with Crippen LogP contribution >= 0.6 is 11.8 Å². The Labute approximate surface area is 185 Å². The van der Waals surface area contributed by atoms with Crippen molar-refractivity contribution in [3.05, 3.63) is 75.9 Å². The van der Waals surface area contributed by atoms with Crippen LogP contribution in [0.1, 0.15) is 27.0 Å². The highest BCUT2D eigenvalue weighted by Gasteiger charge is 2.33. The van der Waals surface area contributed by atoms with E-state index in [2.05, 4.69) is 17.7 Å². The summed E-state index contributed by atoms with van der Waals surface area (Å²) in [6.45, 7) is 1.46. The van der Waals surface area contributed by atoms with Crippen LogP contribution in [0.15, 0.2) is 42.0 Å². The largest absolute Gasteiger partial charge is 0.330 e. The van der Waals surface area contributed by atoms with Crippen LogP contribution in [0, 0.1) is 11.6 Å². The van der Waals surface area contributed by atoms with Crippen LogP contribution < -0.4 is 11.2 Å². The monoisotopic (exact) mass is 444 g/mol. The van der Waals surface area contributed by atoms with Gasteiger partial charge in [-0.2, -0.15) is 11.8 Å². The van der Waals surface area contributed by atoms with Gasteiger partial charge in [0.25, 0.3) is 5.91 Å². The maximum absolute atomic E-state index is 13.6. The average molecular weight is 445 g/mol. The second kappa shape index (κ2) is 8.98. The van der Waals surface area contributed by atoms with Crippen LogP contribution in [0.3, 0.4) is 0 Å². The molecule has 2 aliphatic heterocycles. The van der Waals surface area contributed by atoms with Crippen molar-refractivity contribution in [2.45, 2.75) is 19.0 Å². The molecule has 4 rings (SSSR count). The van der Waals surface area contributed by atoms with Gasteiger partial charge in [-0.05, 0) is 59.2 Å². The van der Waals surface area contributed by atoms with E-state index in [9.17, 15) is 13.6 Å². The maximum atomic E-state index is 13.6. The van der Waals surface area contributed by atoms with Gasteiger partial charge in [0.1, 0.15) is 11.6 Å². The highest BCUT2D eigenvalue weighted by atomic mass is 32.2. The van der Waals surface area contributed by atoms with E-state index >= 15 is 0 Å². The molecular weight excluding hydrogens is 418 g/mol. The third-order valence-corrected chi connectivity index (χ3v) is 6.47. The van der Waals surface area contributed by atoms with E-state index < -0.39 is 11.6 Å². The minimum atomic E-state index is -0.630. The van der Waals surface area contributed by atoms with E-state index in [1.54, 1.807) is 16.7 Å². The highest BCUT2D eigenvalue weighted by Crippen LogP contribution is 2.32. The summed E-state index contributed by atoms with van der Waals surface area (Å²) in [6, 6.07) is 9.01. The standard InChI is InChI=1S/C23H26F2N4OS/c1-28-22(17(11-27-28)13-31-2)15-3-4-21-16(8-15)12-29(23(21)30)20(10-26)7-14-5-18(24)9-19(25)6-14/h3-6,8-9,20,27H,7,10-13,26H2,1-2H3/t20-/m0/s1. The molecule has 164 valence electrons. The zero-order valence-corrected chi connectivity index (χ0v) is 18.4. The first-order chi connectivity index (χ1) is 14.9. The minimum absolute atomic E-state index is 0.0925. The number of hydrogen-bond acceptors (Lipinski definition) is 5. The molecule has 0 saturated carbocycles. The number of halogens is 2. The summed E-state index contributed by atoms with van der Waals surface area (Å²) in [5.74, 6) is -0.413. The third kappa shape index (κ3) is 4.33. The fraction of sp³-hybridized carbons (Fsp3) is 0.348. The van der Waals surface area contributed by atoms with Gasteiger partial charge in [-0.3, -0.25) is 4.79 Å². The molecule has 0 aliphatic carbocycles. The smallest absolute Gasteiger partial charge is 0.254 e. The van der Waals surface area contributed by atoms with Gasteiger partial charge in [0, 0.05) is 50.1 Å². The number of fused-ring (bicyclic) bond motifs is 1. The molecule has 1 amide bonds. The number of nitrogens with one attached hydrogen (secondary N) is 1. The van der Waals surface area contributed by atoms with Gasteiger partial charge in [-0.1, -0.05) is 6.07 Å². The van der Waals surface area contributed by atoms with Crippen molar-refractivity contribution in [2.24, 2.45) is 5.73 Å². The first-order valence-electron chi connectivity index (χ1n) is 10.2. The third-order valence-electron chi connectivity index (χ3n) is 5.84. The average Bonchev–Trinajstić information content (AvgIpc) is 3.25. The number of rotatable bonds is 7. The van der Waals surface area contributed by atoms with E-state index in [0.717, 1.165) is 35.2 Å². The summed E-state index contributed by atoms with van der Waals surface area (Å²) < 4.78 is 27.2. The molecule has 2 aromatic carbocycles. The van der Waals surface area contributed by atoms with E-state index in [-0.39, 0.29) is 18.5 Å². The lowest BCUT2D eigenvalue weighted by Gasteiger charge is -2.26. The van der Waals surface area contributed by atoms with Gasteiger partial charge >= 0.3 is 0 Å². The molecule has 8 heteroatoms. The van der Waals surface area contributed by atoms with Crippen molar-refractivity contribution in [1.82, 2.24) is 15.3 Å². The number of thioether (sulfide) groups is 1. The van der Waals surface area contributed by atoms with E-state index in [4.69, 9.17) is 5.73 Å². The van der Waals surface area contributed by atoms with Crippen LogP contribution in [0.4, 0.5) is 8.78 Å². The summed E-state index contributed by atoms with van der Waals surface area (Å²) in [5, 5.41) is 2.03. The second-order valence-electron chi connectivity index (χ2n) is 7.96. The van der Waals surface area contributed by atoms with E-state index in [1.165, 1.54) is 17.7 Å². The summed E-state index contributed by atoms with van der Waals surface area (Å²) >= 11 is 1.78. The number of carbonyl (C=O) groups is 1. The Balaban J connectivity index is 1.59. The van der Waals surface area contributed by atoms with Crippen LogP contribution in [-0.4, -0.2) is 54.0 Å². The SMILES string of the molecule is CSCC1=C(c2ccc3c(c2)CN([C@H](CN)Cc2cc(F)cc(F)c2)C3=O)N(C)NC1. The molecule has 0 radical (unpaired) electrons. The number of hydrazine groups is 1. The van der Waals surface area contributed by atoms with Crippen LogP contribution in [0.2, 0.25) is 0 Å². The van der Waals surface area contributed by atoms with E-state index in [0.29, 0.717) is 24.1 Å². The molecule has 2 heterocycles. The Kier molecular flexibility index (Phi) is 6.31. The quantitative estimate of drug-likeness (QED) is 0.688. The maximum Gasteiger partial charge on any atom is 0.254 e. The van der Waals surface area contributed by atoms with Crippen molar-refractivity contribution in [2.75, 3.05) is 32.1 Å². The first kappa shape index (κ1) is 21.8. The molecule has 31 heavy (non-hydrogen) atoms. The fourth-order valence-corrected chi connectivity index (χ4v) is 5.00. The van der Waals surface area contributed by atoms with E-state index in [1.807, 2.05) is 24.2 Å². The van der Waals surface area contributed by atoms with Crippen LogP contribution in [0.25, 0.3) is 5.70 Å². The van der Waals surface area contributed by atoms with Crippen LogP contribution in [0.5, 0.6) is 0 Å². The Bertz CT molecular complexity index is 1020. The summed E-state index contributed by atoms with van der Waals surface area (Å²) in [6.07, 6.45) is 2.38. The number of amides is 1. The predicted molar refractivity (Wildman–Crippen MR) is 120 cm³/mol. The zero-order valence-electron chi connectivity index (χ0n) is 17.6. The number of nitrogens with two attached hydrogens (primary N) is 1. The second-order valence-corrected chi connectivity index (χ2v) is 8.82. The van der Waals surface area contributed by atoms with Gasteiger partial charge in [0.2, 0.25) is 0 Å². The fourth-order valence-electron chi connectivity index (χ4n) is 4.41. The first-order valence-corrected chi connectivity index (χ1v) is 11.6. The Morgan fingerprint density at radius 2 is 1.94 bits per heavy atom. The number of nitrogens with zero attached hydrogens (tertiary/aromatic N) is 2. The molecule has 3 N–H and O–H groups in total. The van der Waals surface area contributed by atoms with Crippen LogP contribution in [-0.2, 0) is 13.0 Å². The Morgan fingerprint density at radius 3 is 2.61 bits per heavy atom. The molecule has 0 fully saturated rings. The molecule has 0 saturated heterocycles. The Morgan fingerprint density at radius 1 is 1.19 bits per heavy atom. The number of hydrogen-bond donors (Lipinski definition) is 2. The van der Waals surface area contributed by atoms with Crippen molar-refractivity contribution in [3.63, 3.8) is 0 Å².